The van der Waals surface area contributed by atoms with E-state index in [1.54, 1.807) is 0 Å². The molecule has 152 valence electrons. The van der Waals surface area contributed by atoms with Crippen molar-refractivity contribution < 1.29 is 9.59 Å². The van der Waals surface area contributed by atoms with E-state index in [-0.39, 0.29) is 23.3 Å². The molecule has 4 rings (SSSR count). The Morgan fingerprint density at radius 1 is 1.29 bits per heavy atom. The van der Waals surface area contributed by atoms with Gasteiger partial charge in [0, 0.05) is 49.7 Å². The summed E-state index contributed by atoms with van der Waals surface area (Å²) in [4.78, 5) is 30.0. The number of amides is 2. The molecule has 1 N–H and O–H groups in total. The van der Waals surface area contributed by atoms with Gasteiger partial charge in [-0.1, -0.05) is 38.0 Å². The normalized spacial score (nSPS) is 27.7. The standard InChI is InChI=1S/C23H33N3O2/c1-4-16(2)13-25-14-19-20(15-25)23(24-21(19)27)8-10-26(11-9-23)22(28)18-7-5-6-17(3)12-18/h5-7,12,16,19-20H,4,8-11,13-15H2,1-3H3,(H,24,27)/t16-,19-,20+/m1/s1. The van der Waals surface area contributed by atoms with Crippen LogP contribution in [0.25, 0.3) is 0 Å². The van der Waals surface area contributed by atoms with Crippen LogP contribution in [0.15, 0.2) is 24.3 Å². The number of piperidine rings is 1. The minimum absolute atomic E-state index is 0.115. The molecule has 28 heavy (non-hydrogen) atoms. The molecule has 3 aliphatic heterocycles. The molecule has 2 amide bonds. The third-order valence-corrected chi connectivity index (χ3v) is 7.29. The molecule has 3 aliphatic rings. The van der Waals surface area contributed by atoms with Crippen LogP contribution in [0.5, 0.6) is 0 Å². The molecule has 3 heterocycles. The molecule has 3 saturated heterocycles. The molecule has 5 nitrogen and oxygen atoms in total. The summed E-state index contributed by atoms with van der Waals surface area (Å²) in [7, 11) is 0. The SMILES string of the molecule is CC[C@@H](C)CN1C[C@H]2C(=O)NC3(CCN(C(=O)c4cccc(C)c4)CC3)[C@H]2C1. The first-order valence-corrected chi connectivity index (χ1v) is 10.8. The maximum absolute atomic E-state index is 12.9. The number of likely N-dealkylation sites (tertiary alicyclic amines) is 2. The van der Waals surface area contributed by atoms with Crippen LogP contribution in [-0.4, -0.2) is 59.9 Å². The number of hydrogen-bond donors (Lipinski definition) is 1. The first kappa shape index (κ1) is 19.4. The maximum atomic E-state index is 12.9. The van der Waals surface area contributed by atoms with Crippen molar-refractivity contribution in [1.82, 2.24) is 15.1 Å². The number of rotatable bonds is 4. The van der Waals surface area contributed by atoms with E-state index in [9.17, 15) is 9.59 Å². The molecule has 0 aliphatic carbocycles. The van der Waals surface area contributed by atoms with Gasteiger partial charge in [0.05, 0.1) is 5.92 Å². The van der Waals surface area contributed by atoms with E-state index in [2.05, 4.69) is 24.1 Å². The summed E-state index contributed by atoms with van der Waals surface area (Å²) < 4.78 is 0. The van der Waals surface area contributed by atoms with Crippen LogP contribution in [0.3, 0.4) is 0 Å². The van der Waals surface area contributed by atoms with Crippen LogP contribution in [0.1, 0.15) is 49.0 Å². The number of hydrogen-bond acceptors (Lipinski definition) is 3. The summed E-state index contributed by atoms with van der Waals surface area (Å²) in [5, 5.41) is 3.36. The van der Waals surface area contributed by atoms with E-state index < -0.39 is 0 Å². The van der Waals surface area contributed by atoms with Crippen molar-refractivity contribution >= 4 is 11.8 Å². The summed E-state index contributed by atoms with van der Waals surface area (Å²) in [6.45, 7) is 11.0. The second-order valence-corrected chi connectivity index (χ2v) is 9.25. The number of aryl methyl sites for hydroxylation is 1. The largest absolute Gasteiger partial charge is 0.350 e. The van der Waals surface area contributed by atoms with Gasteiger partial charge < -0.3 is 15.1 Å². The van der Waals surface area contributed by atoms with E-state index in [0.29, 0.717) is 11.8 Å². The van der Waals surface area contributed by atoms with Gasteiger partial charge in [0.25, 0.3) is 5.91 Å². The monoisotopic (exact) mass is 383 g/mol. The second kappa shape index (κ2) is 7.51. The molecular weight excluding hydrogens is 350 g/mol. The Labute approximate surface area is 168 Å². The maximum Gasteiger partial charge on any atom is 0.253 e. The molecule has 0 unspecified atom stereocenters. The topological polar surface area (TPSA) is 52.7 Å². The van der Waals surface area contributed by atoms with Crippen LogP contribution in [0.4, 0.5) is 0 Å². The lowest BCUT2D eigenvalue weighted by molar-refractivity contribution is -0.123. The van der Waals surface area contributed by atoms with Gasteiger partial charge >= 0.3 is 0 Å². The van der Waals surface area contributed by atoms with Crippen LogP contribution in [0.2, 0.25) is 0 Å². The molecule has 0 saturated carbocycles. The average molecular weight is 384 g/mol. The molecule has 1 spiro atoms. The Balaban J connectivity index is 1.42. The van der Waals surface area contributed by atoms with Crippen LogP contribution < -0.4 is 5.32 Å². The van der Waals surface area contributed by atoms with Gasteiger partial charge in [-0.25, -0.2) is 0 Å². The van der Waals surface area contributed by atoms with Gasteiger partial charge in [-0.05, 0) is 37.8 Å². The predicted molar refractivity (Wildman–Crippen MR) is 110 cm³/mol. The Hall–Kier alpha value is -1.88. The van der Waals surface area contributed by atoms with Crippen molar-refractivity contribution in [2.24, 2.45) is 17.8 Å². The van der Waals surface area contributed by atoms with Crippen molar-refractivity contribution in [1.29, 1.82) is 0 Å². The number of nitrogens with one attached hydrogen (secondary N) is 1. The lowest BCUT2D eigenvalue weighted by Gasteiger charge is -2.43. The quantitative estimate of drug-likeness (QED) is 0.870. The van der Waals surface area contributed by atoms with E-state index in [1.807, 2.05) is 36.1 Å². The number of carbonyl (C=O) groups excluding carboxylic acids is 2. The minimum atomic E-state index is -0.116. The van der Waals surface area contributed by atoms with Crippen LogP contribution in [0, 0.1) is 24.7 Å². The molecule has 1 aromatic rings. The summed E-state index contributed by atoms with van der Waals surface area (Å²) in [5.41, 5.74) is 1.76. The lowest BCUT2D eigenvalue weighted by atomic mass is 9.75. The highest BCUT2D eigenvalue weighted by atomic mass is 16.2. The van der Waals surface area contributed by atoms with Gasteiger partial charge in [0.2, 0.25) is 5.91 Å². The van der Waals surface area contributed by atoms with Gasteiger partial charge in [0.15, 0.2) is 0 Å². The molecule has 0 bridgehead atoms. The van der Waals surface area contributed by atoms with Gasteiger partial charge in [-0.15, -0.1) is 0 Å². The van der Waals surface area contributed by atoms with Crippen LogP contribution in [-0.2, 0) is 4.79 Å². The number of benzene rings is 1. The van der Waals surface area contributed by atoms with Gasteiger partial charge in [-0.3, -0.25) is 9.59 Å². The zero-order valence-corrected chi connectivity index (χ0v) is 17.4. The molecule has 5 heteroatoms. The van der Waals surface area contributed by atoms with Crippen molar-refractivity contribution in [2.75, 3.05) is 32.7 Å². The Kier molecular flexibility index (Phi) is 5.21. The molecule has 0 aromatic heterocycles. The van der Waals surface area contributed by atoms with E-state index in [4.69, 9.17) is 0 Å². The van der Waals surface area contributed by atoms with Crippen molar-refractivity contribution in [2.45, 2.75) is 45.6 Å². The number of carbonyl (C=O) groups is 2. The summed E-state index contributed by atoms with van der Waals surface area (Å²) in [6, 6.07) is 7.82. The second-order valence-electron chi connectivity index (χ2n) is 9.25. The summed E-state index contributed by atoms with van der Waals surface area (Å²) in [6.07, 6.45) is 2.92. The smallest absolute Gasteiger partial charge is 0.253 e. The Bertz CT molecular complexity index is 754. The Morgan fingerprint density at radius 3 is 2.71 bits per heavy atom. The predicted octanol–water partition coefficient (Wildman–Crippen LogP) is 2.69. The zero-order chi connectivity index (χ0) is 19.9. The fourth-order valence-electron chi connectivity index (χ4n) is 5.43. The van der Waals surface area contributed by atoms with Crippen LogP contribution >= 0.6 is 0 Å². The molecular formula is C23H33N3O2. The van der Waals surface area contributed by atoms with E-state index in [1.165, 1.54) is 6.42 Å². The number of nitrogens with zero attached hydrogens (tertiary/aromatic N) is 2. The van der Waals surface area contributed by atoms with Gasteiger partial charge in [-0.2, -0.15) is 0 Å². The summed E-state index contributed by atoms with van der Waals surface area (Å²) in [5.74, 6) is 1.54. The molecule has 3 fully saturated rings. The third kappa shape index (κ3) is 3.45. The zero-order valence-electron chi connectivity index (χ0n) is 17.4. The van der Waals surface area contributed by atoms with Gasteiger partial charge in [0.1, 0.15) is 0 Å². The third-order valence-electron chi connectivity index (χ3n) is 7.29. The molecule has 0 radical (unpaired) electrons. The highest BCUT2D eigenvalue weighted by molar-refractivity contribution is 5.94. The van der Waals surface area contributed by atoms with Crippen molar-refractivity contribution in [3.8, 4) is 0 Å². The minimum Gasteiger partial charge on any atom is -0.350 e. The molecule has 3 atom stereocenters. The lowest BCUT2D eigenvalue weighted by Crippen LogP contribution is -2.56. The van der Waals surface area contributed by atoms with E-state index >= 15 is 0 Å². The fourth-order valence-corrected chi connectivity index (χ4v) is 5.43. The first-order valence-electron chi connectivity index (χ1n) is 10.8. The molecule has 1 aromatic carbocycles. The highest BCUT2D eigenvalue weighted by Gasteiger charge is 2.57. The van der Waals surface area contributed by atoms with Crippen molar-refractivity contribution in [3.63, 3.8) is 0 Å². The summed E-state index contributed by atoms with van der Waals surface area (Å²) >= 11 is 0. The van der Waals surface area contributed by atoms with E-state index in [0.717, 1.165) is 56.7 Å². The fraction of sp³-hybridized carbons (Fsp3) is 0.652. The Morgan fingerprint density at radius 2 is 2.04 bits per heavy atom. The highest BCUT2D eigenvalue weighted by Crippen LogP contribution is 2.44. The first-order chi connectivity index (χ1) is 13.4. The van der Waals surface area contributed by atoms with Crippen molar-refractivity contribution in [3.05, 3.63) is 35.4 Å². The number of fused-ring (bicyclic) bond motifs is 2. The average Bonchev–Trinajstić information content (AvgIpc) is 3.21.